The van der Waals surface area contributed by atoms with E-state index in [0.717, 1.165) is 15.9 Å². The second kappa shape index (κ2) is 8.76. The highest BCUT2D eigenvalue weighted by Crippen LogP contribution is 2.15. The van der Waals surface area contributed by atoms with E-state index in [-0.39, 0.29) is 6.54 Å². The zero-order chi connectivity index (χ0) is 19.9. The van der Waals surface area contributed by atoms with Crippen molar-refractivity contribution in [3.05, 3.63) is 54.1 Å². The fraction of sp³-hybridized carbons (Fsp3) is 0.211. The maximum Gasteiger partial charge on any atom is 0.330 e. The highest BCUT2D eigenvalue weighted by molar-refractivity contribution is 5.92. The summed E-state index contributed by atoms with van der Waals surface area (Å²) in [6.45, 7) is 1.33. The van der Waals surface area contributed by atoms with Crippen molar-refractivity contribution < 1.29 is 19.1 Å². The summed E-state index contributed by atoms with van der Waals surface area (Å²) in [6, 6.07) is 14.4. The zero-order valence-electron chi connectivity index (χ0n) is 15.5. The molecule has 28 heavy (non-hydrogen) atoms. The van der Waals surface area contributed by atoms with Crippen LogP contribution in [0.1, 0.15) is 5.56 Å². The van der Waals surface area contributed by atoms with Crippen LogP contribution in [0.25, 0.3) is 11.4 Å². The second-order valence-corrected chi connectivity index (χ2v) is 5.95. The summed E-state index contributed by atoms with van der Waals surface area (Å²) in [5, 5.41) is 14.5. The van der Waals surface area contributed by atoms with E-state index in [1.54, 1.807) is 31.4 Å². The summed E-state index contributed by atoms with van der Waals surface area (Å²) in [4.78, 5) is 24.9. The number of carbonyl (C=O) groups is 2. The van der Waals surface area contributed by atoms with Crippen LogP contribution in [-0.4, -0.2) is 45.8 Å². The SMILES string of the molecule is COc1ccc(NC(=O)COC(=O)Cn2nnc(-c3ccc(C)cc3)n2)cc1. The Morgan fingerprint density at radius 3 is 2.46 bits per heavy atom. The second-order valence-electron chi connectivity index (χ2n) is 5.95. The molecule has 0 aliphatic carbocycles. The standard InChI is InChI=1S/C19H19N5O4/c1-13-3-5-14(6-4-13)19-21-23-24(22-19)11-18(26)28-12-17(25)20-15-7-9-16(27-2)10-8-15/h3-10H,11-12H2,1-2H3,(H,20,25). The number of hydrogen-bond acceptors (Lipinski definition) is 7. The van der Waals surface area contributed by atoms with Crippen LogP contribution < -0.4 is 10.1 Å². The number of aryl methyl sites for hydroxylation is 1. The highest BCUT2D eigenvalue weighted by Gasteiger charge is 2.12. The first-order valence-corrected chi connectivity index (χ1v) is 8.48. The van der Waals surface area contributed by atoms with Gasteiger partial charge >= 0.3 is 5.97 Å². The number of esters is 1. The third-order valence-corrected chi connectivity index (χ3v) is 3.77. The van der Waals surface area contributed by atoms with E-state index < -0.39 is 18.5 Å². The molecular formula is C19H19N5O4. The molecule has 0 bridgehead atoms. The van der Waals surface area contributed by atoms with Crippen LogP contribution in [0.3, 0.4) is 0 Å². The van der Waals surface area contributed by atoms with E-state index in [1.165, 1.54) is 0 Å². The normalized spacial score (nSPS) is 10.4. The predicted molar refractivity (Wildman–Crippen MR) is 101 cm³/mol. The molecule has 3 aromatic rings. The van der Waals surface area contributed by atoms with Crippen molar-refractivity contribution in [1.29, 1.82) is 0 Å². The molecule has 1 amide bonds. The summed E-state index contributed by atoms with van der Waals surface area (Å²) in [7, 11) is 1.56. The fourth-order valence-corrected chi connectivity index (χ4v) is 2.31. The molecule has 2 aromatic carbocycles. The lowest BCUT2D eigenvalue weighted by atomic mass is 10.1. The Labute approximate surface area is 161 Å². The molecule has 3 rings (SSSR count). The first-order chi connectivity index (χ1) is 13.5. The van der Waals surface area contributed by atoms with Crippen molar-refractivity contribution >= 4 is 17.6 Å². The highest BCUT2D eigenvalue weighted by atomic mass is 16.5. The number of amides is 1. The van der Waals surface area contributed by atoms with Gasteiger partial charge < -0.3 is 14.8 Å². The molecule has 0 spiro atoms. The lowest BCUT2D eigenvalue weighted by Gasteiger charge is -2.07. The number of benzene rings is 2. The Hall–Kier alpha value is -3.75. The third kappa shape index (κ3) is 5.13. The molecule has 0 saturated carbocycles. The van der Waals surface area contributed by atoms with Crippen LogP contribution in [0, 0.1) is 6.92 Å². The van der Waals surface area contributed by atoms with E-state index >= 15 is 0 Å². The number of carbonyl (C=O) groups excluding carboxylic acids is 2. The first kappa shape index (κ1) is 19.0. The largest absolute Gasteiger partial charge is 0.497 e. The van der Waals surface area contributed by atoms with Crippen molar-refractivity contribution in [3.8, 4) is 17.1 Å². The number of rotatable bonds is 7. The summed E-state index contributed by atoms with van der Waals surface area (Å²) in [5.74, 6) is -0.0111. The smallest absolute Gasteiger partial charge is 0.330 e. The molecular weight excluding hydrogens is 362 g/mol. The number of nitrogens with zero attached hydrogens (tertiary/aromatic N) is 4. The van der Waals surface area contributed by atoms with Crippen LogP contribution in [0.2, 0.25) is 0 Å². The molecule has 144 valence electrons. The molecule has 9 heteroatoms. The molecule has 0 saturated heterocycles. The van der Waals surface area contributed by atoms with Gasteiger partial charge in [-0.15, -0.1) is 10.2 Å². The van der Waals surface area contributed by atoms with Crippen molar-refractivity contribution in [2.45, 2.75) is 13.5 Å². The van der Waals surface area contributed by atoms with Crippen LogP contribution in [0.4, 0.5) is 5.69 Å². The van der Waals surface area contributed by atoms with Gasteiger partial charge in [-0.2, -0.15) is 4.80 Å². The monoisotopic (exact) mass is 381 g/mol. The van der Waals surface area contributed by atoms with Crippen molar-refractivity contribution in [2.75, 3.05) is 19.0 Å². The van der Waals surface area contributed by atoms with Gasteiger partial charge in [-0.3, -0.25) is 4.79 Å². The number of aromatic nitrogens is 4. The Kier molecular flexibility index (Phi) is 5.95. The Morgan fingerprint density at radius 1 is 1.07 bits per heavy atom. The van der Waals surface area contributed by atoms with E-state index in [2.05, 4.69) is 20.7 Å². The van der Waals surface area contributed by atoms with Gasteiger partial charge in [-0.1, -0.05) is 29.8 Å². The van der Waals surface area contributed by atoms with E-state index in [1.807, 2.05) is 31.2 Å². The summed E-state index contributed by atoms with van der Waals surface area (Å²) < 4.78 is 9.99. The molecule has 0 atom stereocenters. The van der Waals surface area contributed by atoms with E-state index in [0.29, 0.717) is 17.3 Å². The summed E-state index contributed by atoms with van der Waals surface area (Å²) >= 11 is 0. The quantitative estimate of drug-likeness (QED) is 0.622. The molecule has 1 N–H and O–H groups in total. The minimum absolute atomic E-state index is 0.241. The molecule has 0 aliphatic rings. The van der Waals surface area contributed by atoms with Crippen LogP contribution in [-0.2, 0) is 20.9 Å². The van der Waals surface area contributed by atoms with Gasteiger partial charge in [0.15, 0.2) is 13.2 Å². The van der Waals surface area contributed by atoms with Crippen molar-refractivity contribution in [2.24, 2.45) is 0 Å². The average Bonchev–Trinajstić information content (AvgIpc) is 3.16. The molecule has 0 fully saturated rings. The molecule has 1 heterocycles. The molecule has 9 nitrogen and oxygen atoms in total. The Balaban J connectivity index is 1.47. The van der Waals surface area contributed by atoms with Gasteiger partial charge in [-0.05, 0) is 36.4 Å². The fourth-order valence-electron chi connectivity index (χ4n) is 2.31. The van der Waals surface area contributed by atoms with Gasteiger partial charge in [0.25, 0.3) is 5.91 Å². The first-order valence-electron chi connectivity index (χ1n) is 8.48. The van der Waals surface area contributed by atoms with E-state index in [9.17, 15) is 9.59 Å². The third-order valence-electron chi connectivity index (χ3n) is 3.77. The number of anilines is 1. The number of methoxy groups -OCH3 is 1. The maximum atomic E-state index is 11.9. The Morgan fingerprint density at radius 2 is 1.79 bits per heavy atom. The number of hydrogen-bond donors (Lipinski definition) is 1. The minimum atomic E-state index is -0.641. The molecule has 1 aromatic heterocycles. The zero-order valence-corrected chi connectivity index (χ0v) is 15.5. The summed E-state index contributed by atoms with van der Waals surface area (Å²) in [6.07, 6.45) is 0. The number of nitrogens with one attached hydrogen (secondary N) is 1. The van der Waals surface area contributed by atoms with E-state index in [4.69, 9.17) is 9.47 Å². The van der Waals surface area contributed by atoms with Gasteiger partial charge in [0.2, 0.25) is 5.82 Å². The van der Waals surface area contributed by atoms with Crippen molar-refractivity contribution in [1.82, 2.24) is 20.2 Å². The van der Waals surface area contributed by atoms with Crippen LogP contribution >= 0.6 is 0 Å². The summed E-state index contributed by atoms with van der Waals surface area (Å²) in [5.41, 5.74) is 2.49. The number of ether oxygens (including phenoxy) is 2. The maximum absolute atomic E-state index is 11.9. The topological polar surface area (TPSA) is 108 Å². The Bertz CT molecular complexity index is 951. The lowest BCUT2D eigenvalue weighted by Crippen LogP contribution is -2.23. The van der Waals surface area contributed by atoms with Gasteiger partial charge in [-0.25, -0.2) is 4.79 Å². The molecule has 0 radical (unpaired) electrons. The minimum Gasteiger partial charge on any atom is -0.497 e. The van der Waals surface area contributed by atoms with Gasteiger partial charge in [0, 0.05) is 11.3 Å². The average molecular weight is 381 g/mol. The van der Waals surface area contributed by atoms with Gasteiger partial charge in [0.1, 0.15) is 5.75 Å². The van der Waals surface area contributed by atoms with Crippen LogP contribution in [0.15, 0.2) is 48.5 Å². The van der Waals surface area contributed by atoms with Gasteiger partial charge in [0.05, 0.1) is 7.11 Å². The molecule has 0 unspecified atom stereocenters. The van der Waals surface area contributed by atoms with Crippen molar-refractivity contribution in [3.63, 3.8) is 0 Å². The molecule has 0 aliphatic heterocycles. The lowest BCUT2D eigenvalue weighted by molar-refractivity contribution is -0.148. The van der Waals surface area contributed by atoms with Crippen LogP contribution in [0.5, 0.6) is 5.75 Å². The number of tetrazole rings is 1. The predicted octanol–water partition coefficient (Wildman–Crippen LogP) is 1.84.